The molecule has 1 aliphatic rings. The average Bonchev–Trinajstić information content (AvgIpc) is 3.03. The lowest BCUT2D eigenvalue weighted by molar-refractivity contribution is 0.0498. The summed E-state index contributed by atoms with van der Waals surface area (Å²) in [4.78, 5) is 0. The van der Waals surface area contributed by atoms with Gasteiger partial charge in [-0.2, -0.15) is 4.08 Å². The molecule has 3 unspecified atom stereocenters. The third-order valence-corrected chi connectivity index (χ3v) is 9.47. The Labute approximate surface area is 189 Å². The van der Waals surface area contributed by atoms with Gasteiger partial charge in [0.2, 0.25) is 17.1 Å². The Morgan fingerprint density at radius 1 is 1.43 bits per heavy atom. The molecule has 6 nitrogen and oxygen atoms in total. The molecule has 0 amide bonds. The number of allylic oxidation sites excluding steroid dienone is 2. The van der Waals surface area contributed by atoms with Crippen LogP contribution in [0, 0.1) is 0 Å². The minimum atomic E-state index is -3.65. The van der Waals surface area contributed by atoms with Gasteiger partial charge < -0.3 is 13.7 Å². The van der Waals surface area contributed by atoms with Gasteiger partial charge in [0, 0.05) is 13.7 Å². The highest BCUT2D eigenvalue weighted by molar-refractivity contribution is 8.15. The summed E-state index contributed by atoms with van der Waals surface area (Å²) in [6.45, 7) is 9.79. The second-order valence-corrected chi connectivity index (χ2v) is 11.2. The SMILES string of the molecule is [3H][B]SOC(c1cc(CC=C)c(OCOC)c(CC=C)c1)C1CCN(P([B])C)S1(=O)=O. The van der Waals surface area contributed by atoms with E-state index in [9.17, 15) is 8.42 Å². The summed E-state index contributed by atoms with van der Waals surface area (Å²) in [6.07, 6.45) is 4.17. The monoisotopic (exact) mass is 468 g/mol. The van der Waals surface area contributed by atoms with Gasteiger partial charge >= 0.3 is 0 Å². The van der Waals surface area contributed by atoms with Gasteiger partial charge in [-0.25, -0.2) is 8.42 Å². The zero-order valence-electron chi connectivity index (χ0n) is 18.3. The molecule has 0 N–H and O–H groups in total. The van der Waals surface area contributed by atoms with Crippen molar-refractivity contribution < 1.29 is 22.1 Å². The Bertz CT molecular complexity index is 844. The highest BCUT2D eigenvalue weighted by Crippen LogP contribution is 2.45. The first-order valence-corrected chi connectivity index (χ1v) is 13.4. The van der Waals surface area contributed by atoms with Crippen LogP contribution in [0.2, 0.25) is 0 Å². The molecule has 0 aromatic heterocycles. The number of benzene rings is 1. The van der Waals surface area contributed by atoms with E-state index in [-0.39, 0.29) is 6.79 Å². The molecule has 11 heteroatoms. The Morgan fingerprint density at radius 3 is 2.53 bits per heavy atom. The standard InChI is InChI=1S/C19H27B2NO5PS2/c1-5-7-14-11-16(12-15(8-6-2)18(14)26-13-25-3)19(27-29-21)17-9-10-22(28(4)20)30(17,23)24/h5-6,11-12,17,19,21H,1-2,7-10,13H2,3-4H3/i21T. The summed E-state index contributed by atoms with van der Waals surface area (Å²) < 4.78 is 51.8. The van der Waals surface area contributed by atoms with E-state index in [0.717, 1.165) is 30.1 Å². The van der Waals surface area contributed by atoms with Crippen LogP contribution in [0.25, 0.3) is 0 Å². The van der Waals surface area contributed by atoms with Crippen molar-refractivity contribution in [1.29, 1.82) is 1.34 Å². The van der Waals surface area contributed by atoms with Gasteiger partial charge in [-0.3, -0.25) is 0 Å². The topological polar surface area (TPSA) is 65.1 Å². The van der Waals surface area contributed by atoms with Crippen LogP contribution < -0.4 is 4.74 Å². The Balaban J connectivity index is 2.57. The van der Waals surface area contributed by atoms with Gasteiger partial charge in [-0.05, 0) is 56.1 Å². The van der Waals surface area contributed by atoms with Crippen molar-refractivity contribution in [2.45, 2.75) is 30.6 Å². The lowest BCUT2D eigenvalue weighted by Crippen LogP contribution is -2.30. The van der Waals surface area contributed by atoms with Crippen molar-refractivity contribution >= 4 is 44.5 Å². The van der Waals surface area contributed by atoms with Gasteiger partial charge in [0.05, 0.1) is 0 Å². The maximum Gasteiger partial charge on any atom is 0.222 e. The van der Waals surface area contributed by atoms with E-state index in [0.29, 0.717) is 37.1 Å². The Morgan fingerprint density at radius 2 is 2.07 bits per heavy atom. The second kappa shape index (κ2) is 11.7. The quantitative estimate of drug-likeness (QED) is 0.146. The fraction of sp³-hybridized carbons (Fsp3) is 0.474. The maximum absolute atomic E-state index is 13.2. The Hall–Kier alpha value is -0.760. The van der Waals surface area contributed by atoms with E-state index in [1.807, 2.05) is 12.1 Å². The van der Waals surface area contributed by atoms with E-state index >= 15 is 0 Å². The van der Waals surface area contributed by atoms with Crippen LogP contribution in [0.3, 0.4) is 0 Å². The fourth-order valence-electron chi connectivity index (χ4n) is 3.57. The maximum atomic E-state index is 13.2. The first kappa shape index (κ1) is 23.9. The summed E-state index contributed by atoms with van der Waals surface area (Å²) in [5.41, 5.74) is 2.39. The molecule has 1 saturated heterocycles. The molecule has 1 aromatic carbocycles. The zero-order valence-corrected chi connectivity index (χ0v) is 19.8. The summed E-state index contributed by atoms with van der Waals surface area (Å²) in [7, 11) is 3.60. The molecule has 1 aliphatic heterocycles. The van der Waals surface area contributed by atoms with Crippen molar-refractivity contribution in [3.8, 4) is 5.75 Å². The Kier molecular flexibility index (Phi) is 9.35. The molecule has 1 aromatic rings. The van der Waals surface area contributed by atoms with Crippen LogP contribution in [0.1, 0.15) is 29.2 Å². The number of hydrogen-bond acceptors (Lipinski definition) is 6. The molecule has 0 bridgehead atoms. The molecule has 1 fully saturated rings. The van der Waals surface area contributed by atoms with E-state index < -0.39 is 29.3 Å². The molecule has 0 aliphatic carbocycles. The number of ether oxygens (including phenoxy) is 2. The van der Waals surface area contributed by atoms with Crippen LogP contribution in [0.5, 0.6) is 5.75 Å². The van der Waals surface area contributed by atoms with Crippen LogP contribution in [0.15, 0.2) is 37.4 Å². The van der Waals surface area contributed by atoms with Gasteiger partial charge in [0.25, 0.3) is 0 Å². The molecule has 2 rings (SSSR count). The summed E-state index contributed by atoms with van der Waals surface area (Å²) in [5.74, 6) is 0.666. The molecule has 0 spiro atoms. The van der Waals surface area contributed by atoms with Gasteiger partial charge in [-0.1, -0.05) is 32.0 Å². The molecule has 3 radical (unpaired) electrons. The zero-order chi connectivity index (χ0) is 23.0. The van der Waals surface area contributed by atoms with E-state index in [1.54, 1.807) is 25.9 Å². The molecule has 1 heterocycles. The highest BCUT2D eigenvalue weighted by atomic mass is 32.2. The van der Waals surface area contributed by atoms with Crippen LogP contribution in [-0.2, 0) is 31.8 Å². The van der Waals surface area contributed by atoms with Crippen molar-refractivity contribution in [1.82, 2.24) is 4.08 Å². The van der Waals surface area contributed by atoms with Crippen molar-refractivity contribution in [3.05, 3.63) is 54.1 Å². The summed E-state index contributed by atoms with van der Waals surface area (Å²) in [6, 6.07) is 3.76. The molecular weight excluding hydrogens is 439 g/mol. The third-order valence-electron chi connectivity index (χ3n) is 4.77. The van der Waals surface area contributed by atoms with E-state index in [1.165, 1.54) is 4.08 Å². The van der Waals surface area contributed by atoms with Crippen LogP contribution >= 0.6 is 19.8 Å². The largest absolute Gasteiger partial charge is 0.467 e. The predicted octanol–water partition coefficient (Wildman–Crippen LogP) is 3.16. The minimum absolute atomic E-state index is 0.0831. The number of nitrogens with zero attached hydrogens (tertiary/aromatic N) is 1. The molecule has 161 valence electrons. The van der Waals surface area contributed by atoms with Crippen molar-refractivity contribution in [2.24, 2.45) is 0 Å². The second-order valence-electron chi connectivity index (χ2n) is 6.81. The fourth-order valence-corrected chi connectivity index (χ4v) is 7.84. The first-order chi connectivity index (χ1) is 14.8. The van der Waals surface area contributed by atoms with Crippen molar-refractivity contribution in [2.75, 3.05) is 27.1 Å². The van der Waals surface area contributed by atoms with Crippen LogP contribution in [0.4, 0.5) is 0 Å². The smallest absolute Gasteiger partial charge is 0.222 e. The van der Waals surface area contributed by atoms with Gasteiger partial charge in [0.15, 0.2) is 6.79 Å². The molecular formula is C19H27B2NO5PS2. The first-order valence-electron chi connectivity index (χ1n) is 9.90. The average molecular weight is 468 g/mol. The van der Waals surface area contributed by atoms with Crippen LogP contribution in [-0.4, -0.2) is 60.8 Å². The molecule has 30 heavy (non-hydrogen) atoms. The predicted molar refractivity (Wildman–Crippen MR) is 128 cm³/mol. The normalized spacial score (nSPS) is 20.9. The number of methoxy groups -OCH3 is 1. The number of hydrogen-bond donors (Lipinski definition) is 0. The van der Waals surface area contributed by atoms with E-state index in [2.05, 4.69) is 13.2 Å². The summed E-state index contributed by atoms with van der Waals surface area (Å²) in [5, 5.41) is -0.799. The van der Waals surface area contributed by atoms with Gasteiger partial charge in [-0.15, -0.1) is 13.2 Å². The van der Waals surface area contributed by atoms with Gasteiger partial charge in [0.1, 0.15) is 24.7 Å². The van der Waals surface area contributed by atoms with E-state index in [4.69, 9.17) is 22.6 Å². The lowest BCUT2D eigenvalue weighted by atomic mass is 9.95. The summed E-state index contributed by atoms with van der Waals surface area (Å²) >= 11 is 0.806. The van der Waals surface area contributed by atoms with Crippen molar-refractivity contribution in [3.63, 3.8) is 0 Å². The lowest BCUT2D eigenvalue weighted by Gasteiger charge is -2.27. The minimum Gasteiger partial charge on any atom is -0.467 e. The number of sulfonamides is 1. The molecule has 3 atom stereocenters. The molecule has 0 saturated carbocycles. The third kappa shape index (κ3) is 5.72. The highest BCUT2D eigenvalue weighted by Gasteiger charge is 2.45. The number of rotatable bonds is 13.